The highest BCUT2D eigenvalue weighted by Gasteiger charge is 2.19. The first-order valence-electron chi connectivity index (χ1n) is 7.77. The largest absolute Gasteiger partial charge is 0.449 e. The molecule has 126 valence electrons. The van der Waals surface area contributed by atoms with Gasteiger partial charge in [-0.2, -0.15) is 0 Å². The summed E-state index contributed by atoms with van der Waals surface area (Å²) >= 11 is 5.93. The van der Waals surface area contributed by atoms with Crippen molar-refractivity contribution < 1.29 is 14.3 Å². The number of esters is 1. The van der Waals surface area contributed by atoms with E-state index in [2.05, 4.69) is 5.32 Å². The summed E-state index contributed by atoms with van der Waals surface area (Å²) in [5.41, 5.74) is 3.03. The number of ether oxygens (including phenoxy) is 1. The summed E-state index contributed by atoms with van der Waals surface area (Å²) in [6, 6.07) is 12.4. The molecule has 5 heteroatoms. The minimum absolute atomic E-state index is 0.404. The summed E-state index contributed by atoms with van der Waals surface area (Å²) in [5, 5.41) is 3.25. The van der Waals surface area contributed by atoms with Crippen LogP contribution >= 0.6 is 11.6 Å². The van der Waals surface area contributed by atoms with Crippen LogP contribution in [0.1, 0.15) is 35.3 Å². The van der Waals surface area contributed by atoms with E-state index in [0.717, 1.165) is 17.5 Å². The lowest BCUT2D eigenvalue weighted by molar-refractivity contribution is -0.123. The summed E-state index contributed by atoms with van der Waals surface area (Å²) < 4.78 is 5.23. The maximum atomic E-state index is 12.2. The van der Waals surface area contributed by atoms with Gasteiger partial charge in [-0.25, -0.2) is 4.79 Å². The molecule has 0 aliphatic rings. The molecule has 2 aromatic carbocycles. The molecule has 1 amide bonds. The summed E-state index contributed by atoms with van der Waals surface area (Å²) in [7, 11) is 0. The van der Waals surface area contributed by atoms with Crippen LogP contribution in [0.25, 0.3) is 0 Å². The van der Waals surface area contributed by atoms with E-state index in [1.165, 1.54) is 6.92 Å². The fourth-order valence-electron chi connectivity index (χ4n) is 2.12. The SMILES string of the molecule is CCc1ccc(C(=O)OC(C)C(=O)Nc2cc(Cl)ccc2C)cc1. The summed E-state index contributed by atoms with van der Waals surface area (Å²) in [6.07, 6.45) is -0.0191. The quantitative estimate of drug-likeness (QED) is 0.817. The topological polar surface area (TPSA) is 55.4 Å². The van der Waals surface area contributed by atoms with Gasteiger partial charge >= 0.3 is 5.97 Å². The number of halogens is 1. The van der Waals surface area contributed by atoms with E-state index in [1.54, 1.807) is 24.3 Å². The van der Waals surface area contributed by atoms with Gasteiger partial charge in [0.2, 0.25) is 0 Å². The van der Waals surface area contributed by atoms with Crippen molar-refractivity contribution in [3.05, 3.63) is 64.2 Å². The smallest absolute Gasteiger partial charge is 0.338 e. The molecule has 0 aromatic heterocycles. The highest BCUT2D eigenvalue weighted by molar-refractivity contribution is 6.31. The Morgan fingerprint density at radius 1 is 1.17 bits per heavy atom. The molecule has 0 fully saturated rings. The van der Waals surface area contributed by atoms with Crippen LogP contribution < -0.4 is 5.32 Å². The number of benzene rings is 2. The molecule has 1 atom stereocenters. The third-order valence-corrected chi connectivity index (χ3v) is 3.94. The van der Waals surface area contributed by atoms with Crippen molar-refractivity contribution in [3.63, 3.8) is 0 Å². The van der Waals surface area contributed by atoms with Gasteiger partial charge in [0, 0.05) is 10.7 Å². The molecule has 0 heterocycles. The lowest BCUT2D eigenvalue weighted by Crippen LogP contribution is -2.30. The zero-order valence-electron chi connectivity index (χ0n) is 13.9. The number of carbonyl (C=O) groups is 2. The Bertz CT molecular complexity index is 741. The third kappa shape index (κ3) is 4.59. The molecule has 0 spiro atoms. The molecular weight excluding hydrogens is 326 g/mol. The van der Waals surface area contributed by atoms with Crippen LogP contribution in [0, 0.1) is 6.92 Å². The van der Waals surface area contributed by atoms with E-state index >= 15 is 0 Å². The molecule has 0 radical (unpaired) electrons. The summed E-state index contributed by atoms with van der Waals surface area (Å²) in [5.74, 6) is -0.929. The third-order valence-electron chi connectivity index (χ3n) is 3.71. The molecular formula is C19H20ClNO3. The number of hydrogen-bond acceptors (Lipinski definition) is 3. The summed E-state index contributed by atoms with van der Waals surface area (Å²) in [6.45, 7) is 5.43. The van der Waals surface area contributed by atoms with Gasteiger partial charge < -0.3 is 10.1 Å². The molecule has 24 heavy (non-hydrogen) atoms. The van der Waals surface area contributed by atoms with E-state index in [4.69, 9.17) is 16.3 Å². The minimum atomic E-state index is -0.915. The van der Waals surface area contributed by atoms with Crippen molar-refractivity contribution in [3.8, 4) is 0 Å². The number of anilines is 1. The number of nitrogens with one attached hydrogen (secondary N) is 1. The van der Waals surface area contributed by atoms with Crippen molar-refractivity contribution in [1.82, 2.24) is 0 Å². The fraction of sp³-hybridized carbons (Fsp3) is 0.263. The summed E-state index contributed by atoms with van der Waals surface area (Å²) in [4.78, 5) is 24.3. The standard InChI is InChI=1S/C19H20ClNO3/c1-4-14-6-8-15(9-7-14)19(23)24-13(3)18(22)21-17-11-16(20)10-5-12(17)2/h5-11,13H,4H2,1-3H3,(H,21,22). The maximum Gasteiger partial charge on any atom is 0.338 e. The zero-order valence-corrected chi connectivity index (χ0v) is 14.7. The van der Waals surface area contributed by atoms with Gasteiger partial charge in [0.15, 0.2) is 6.10 Å². The monoisotopic (exact) mass is 345 g/mol. The number of rotatable bonds is 5. The lowest BCUT2D eigenvalue weighted by Gasteiger charge is -2.15. The van der Waals surface area contributed by atoms with Gasteiger partial charge in [0.25, 0.3) is 5.91 Å². The first-order chi connectivity index (χ1) is 11.4. The number of hydrogen-bond donors (Lipinski definition) is 1. The van der Waals surface area contributed by atoms with E-state index in [9.17, 15) is 9.59 Å². The van der Waals surface area contributed by atoms with Gasteiger partial charge in [-0.3, -0.25) is 4.79 Å². The first-order valence-corrected chi connectivity index (χ1v) is 8.15. The van der Waals surface area contributed by atoms with E-state index in [1.807, 2.05) is 32.0 Å². The van der Waals surface area contributed by atoms with Gasteiger partial charge in [0.1, 0.15) is 0 Å². The van der Waals surface area contributed by atoms with Gasteiger partial charge in [-0.05, 0) is 55.7 Å². The van der Waals surface area contributed by atoms with Gasteiger partial charge in [-0.15, -0.1) is 0 Å². The van der Waals surface area contributed by atoms with Crippen LogP contribution in [0.4, 0.5) is 5.69 Å². The van der Waals surface area contributed by atoms with Crippen molar-refractivity contribution in [2.75, 3.05) is 5.32 Å². The molecule has 0 saturated carbocycles. The van der Waals surface area contributed by atoms with Crippen LogP contribution in [0.3, 0.4) is 0 Å². The normalized spacial score (nSPS) is 11.7. The van der Waals surface area contributed by atoms with Crippen molar-refractivity contribution in [2.24, 2.45) is 0 Å². The molecule has 2 rings (SSSR count). The first kappa shape index (κ1) is 18.0. The van der Waals surface area contributed by atoms with Gasteiger partial charge in [-0.1, -0.05) is 36.7 Å². The zero-order chi connectivity index (χ0) is 17.7. The Morgan fingerprint density at radius 2 is 1.83 bits per heavy atom. The Labute approximate surface area is 146 Å². The van der Waals surface area contributed by atoms with E-state index < -0.39 is 18.0 Å². The Balaban J connectivity index is 1.99. The van der Waals surface area contributed by atoms with Crippen LogP contribution in [0.5, 0.6) is 0 Å². The second-order valence-corrected chi connectivity index (χ2v) is 5.98. The Kier molecular flexibility index (Phi) is 5.99. The molecule has 4 nitrogen and oxygen atoms in total. The fourth-order valence-corrected chi connectivity index (χ4v) is 2.29. The molecule has 1 unspecified atom stereocenters. The molecule has 2 aromatic rings. The van der Waals surface area contributed by atoms with Crippen LogP contribution in [0.2, 0.25) is 5.02 Å². The second kappa shape index (κ2) is 7.97. The van der Waals surface area contributed by atoms with Crippen molar-refractivity contribution >= 4 is 29.2 Å². The average molecular weight is 346 g/mol. The number of aryl methyl sites for hydroxylation is 2. The minimum Gasteiger partial charge on any atom is -0.449 e. The second-order valence-electron chi connectivity index (χ2n) is 5.55. The maximum absolute atomic E-state index is 12.2. The van der Waals surface area contributed by atoms with Gasteiger partial charge in [0.05, 0.1) is 5.56 Å². The van der Waals surface area contributed by atoms with Crippen molar-refractivity contribution in [2.45, 2.75) is 33.3 Å². The predicted octanol–water partition coefficient (Wildman–Crippen LogP) is 4.39. The van der Waals surface area contributed by atoms with Crippen LogP contribution in [-0.4, -0.2) is 18.0 Å². The van der Waals surface area contributed by atoms with Crippen LogP contribution in [-0.2, 0) is 16.0 Å². The van der Waals surface area contributed by atoms with Crippen molar-refractivity contribution in [1.29, 1.82) is 0 Å². The van der Waals surface area contributed by atoms with Crippen LogP contribution in [0.15, 0.2) is 42.5 Å². The Hall–Kier alpha value is -2.33. The molecule has 1 N–H and O–H groups in total. The molecule has 0 saturated heterocycles. The lowest BCUT2D eigenvalue weighted by atomic mass is 10.1. The van der Waals surface area contributed by atoms with E-state index in [0.29, 0.717) is 16.3 Å². The highest BCUT2D eigenvalue weighted by Crippen LogP contribution is 2.20. The molecule has 0 bridgehead atoms. The highest BCUT2D eigenvalue weighted by atomic mass is 35.5. The Morgan fingerprint density at radius 3 is 2.46 bits per heavy atom. The molecule has 0 aliphatic heterocycles. The number of carbonyl (C=O) groups excluding carboxylic acids is 2. The van der Waals surface area contributed by atoms with E-state index in [-0.39, 0.29) is 0 Å². The number of amides is 1. The average Bonchev–Trinajstić information content (AvgIpc) is 2.58. The predicted molar refractivity (Wildman–Crippen MR) is 95.5 cm³/mol. The molecule has 0 aliphatic carbocycles.